The van der Waals surface area contributed by atoms with Crippen molar-refractivity contribution in [1.82, 2.24) is 4.90 Å². The van der Waals surface area contributed by atoms with Crippen LogP contribution >= 0.6 is 0 Å². The number of aryl methyl sites for hydroxylation is 1. The average molecular weight is 320 g/mol. The summed E-state index contributed by atoms with van der Waals surface area (Å²) in [7, 11) is 1.68. The topological polar surface area (TPSA) is 75.8 Å². The van der Waals surface area contributed by atoms with Gasteiger partial charge in [-0.2, -0.15) is 0 Å². The summed E-state index contributed by atoms with van der Waals surface area (Å²) < 4.78 is 5.22. The minimum absolute atomic E-state index is 0.0191. The SMILES string of the molecule is COc1cccc(CCCCCC(N)C(=O)N2CCC(O)C2)c1. The van der Waals surface area contributed by atoms with Gasteiger partial charge in [0.1, 0.15) is 5.75 Å². The van der Waals surface area contributed by atoms with Crippen molar-refractivity contribution in [2.75, 3.05) is 20.2 Å². The molecule has 0 spiro atoms. The van der Waals surface area contributed by atoms with Crippen LogP contribution in [-0.4, -0.2) is 48.3 Å². The van der Waals surface area contributed by atoms with Crippen LogP contribution in [0.25, 0.3) is 0 Å². The molecule has 5 heteroatoms. The van der Waals surface area contributed by atoms with Crippen molar-refractivity contribution in [3.8, 4) is 5.75 Å². The van der Waals surface area contributed by atoms with Gasteiger partial charge in [0.15, 0.2) is 0 Å². The van der Waals surface area contributed by atoms with E-state index in [1.54, 1.807) is 12.0 Å². The van der Waals surface area contributed by atoms with Crippen LogP contribution in [0, 0.1) is 0 Å². The quantitative estimate of drug-likeness (QED) is 0.715. The Morgan fingerprint density at radius 1 is 1.43 bits per heavy atom. The van der Waals surface area contributed by atoms with E-state index in [1.807, 2.05) is 12.1 Å². The first kappa shape index (κ1) is 17.8. The van der Waals surface area contributed by atoms with Crippen LogP contribution < -0.4 is 10.5 Å². The van der Waals surface area contributed by atoms with E-state index in [2.05, 4.69) is 12.1 Å². The highest BCUT2D eigenvalue weighted by Gasteiger charge is 2.27. The number of aliphatic hydroxyl groups is 1. The zero-order valence-electron chi connectivity index (χ0n) is 13.9. The van der Waals surface area contributed by atoms with Crippen LogP contribution in [0.5, 0.6) is 5.75 Å². The van der Waals surface area contributed by atoms with Gasteiger partial charge in [-0.3, -0.25) is 4.79 Å². The largest absolute Gasteiger partial charge is 0.497 e. The molecule has 128 valence electrons. The van der Waals surface area contributed by atoms with E-state index < -0.39 is 6.04 Å². The predicted octanol–water partition coefficient (Wildman–Crippen LogP) is 1.72. The van der Waals surface area contributed by atoms with Crippen molar-refractivity contribution in [2.24, 2.45) is 5.73 Å². The number of rotatable bonds is 8. The Hall–Kier alpha value is -1.59. The molecule has 1 aromatic rings. The first-order valence-electron chi connectivity index (χ1n) is 8.45. The number of hydrogen-bond acceptors (Lipinski definition) is 4. The molecule has 5 nitrogen and oxygen atoms in total. The molecule has 1 aromatic carbocycles. The van der Waals surface area contributed by atoms with E-state index in [9.17, 15) is 9.90 Å². The molecule has 1 saturated heterocycles. The van der Waals surface area contributed by atoms with Gasteiger partial charge in [0, 0.05) is 13.1 Å². The lowest BCUT2D eigenvalue weighted by atomic mass is 10.0. The van der Waals surface area contributed by atoms with Gasteiger partial charge in [0.05, 0.1) is 19.3 Å². The number of aliphatic hydroxyl groups excluding tert-OH is 1. The third-order valence-corrected chi connectivity index (χ3v) is 4.41. The Balaban J connectivity index is 1.62. The van der Waals surface area contributed by atoms with E-state index in [4.69, 9.17) is 10.5 Å². The molecule has 3 N–H and O–H groups in total. The number of methoxy groups -OCH3 is 1. The summed E-state index contributed by atoms with van der Waals surface area (Å²) in [6, 6.07) is 7.69. The Kier molecular flexibility index (Phi) is 6.86. The maximum Gasteiger partial charge on any atom is 0.239 e. The molecule has 0 bridgehead atoms. The van der Waals surface area contributed by atoms with E-state index in [1.165, 1.54) is 5.56 Å². The number of carbonyl (C=O) groups excluding carboxylic acids is 1. The standard InChI is InChI=1S/C18H28N2O3/c1-23-16-8-5-7-14(12-16)6-3-2-4-9-17(19)18(22)20-11-10-15(21)13-20/h5,7-8,12,15,17,21H,2-4,6,9-11,13,19H2,1H3. The molecule has 1 fully saturated rings. The van der Waals surface area contributed by atoms with Crippen molar-refractivity contribution in [2.45, 2.75) is 50.7 Å². The predicted molar refractivity (Wildman–Crippen MR) is 90.3 cm³/mol. The third kappa shape index (κ3) is 5.52. The number of benzene rings is 1. The highest BCUT2D eigenvalue weighted by molar-refractivity contribution is 5.81. The van der Waals surface area contributed by atoms with Gasteiger partial charge in [-0.25, -0.2) is 0 Å². The summed E-state index contributed by atoms with van der Waals surface area (Å²) in [5.74, 6) is 0.872. The Morgan fingerprint density at radius 3 is 2.96 bits per heavy atom. The van der Waals surface area contributed by atoms with Crippen LogP contribution in [0.4, 0.5) is 0 Å². The van der Waals surface area contributed by atoms with Crippen LogP contribution in [0.3, 0.4) is 0 Å². The summed E-state index contributed by atoms with van der Waals surface area (Å²) in [6.45, 7) is 1.06. The molecule has 1 aliphatic rings. The fraction of sp³-hybridized carbons (Fsp3) is 0.611. The second kappa shape index (κ2) is 8.89. The van der Waals surface area contributed by atoms with Crippen LogP contribution in [-0.2, 0) is 11.2 Å². The molecule has 0 aliphatic carbocycles. The highest BCUT2D eigenvalue weighted by atomic mass is 16.5. The Labute approximate surface area is 138 Å². The lowest BCUT2D eigenvalue weighted by molar-refractivity contribution is -0.132. The lowest BCUT2D eigenvalue weighted by Crippen LogP contribution is -2.42. The maximum absolute atomic E-state index is 12.1. The van der Waals surface area contributed by atoms with E-state index in [0.29, 0.717) is 25.9 Å². The lowest BCUT2D eigenvalue weighted by Gasteiger charge is -2.20. The zero-order valence-corrected chi connectivity index (χ0v) is 13.9. The van der Waals surface area contributed by atoms with Gasteiger partial charge < -0.3 is 20.5 Å². The Bertz CT molecular complexity index is 507. The number of hydrogen-bond donors (Lipinski definition) is 2. The van der Waals surface area contributed by atoms with Crippen molar-refractivity contribution in [3.63, 3.8) is 0 Å². The molecular weight excluding hydrogens is 292 g/mol. The number of carbonyl (C=O) groups is 1. The average Bonchev–Trinajstić information content (AvgIpc) is 3.00. The Morgan fingerprint density at radius 2 is 2.26 bits per heavy atom. The summed E-state index contributed by atoms with van der Waals surface area (Å²) >= 11 is 0. The number of nitrogens with two attached hydrogens (primary N) is 1. The first-order valence-corrected chi connectivity index (χ1v) is 8.45. The maximum atomic E-state index is 12.1. The van der Waals surface area contributed by atoms with Crippen molar-refractivity contribution < 1.29 is 14.6 Å². The van der Waals surface area contributed by atoms with E-state index in [-0.39, 0.29) is 12.0 Å². The second-order valence-corrected chi connectivity index (χ2v) is 6.28. The summed E-state index contributed by atoms with van der Waals surface area (Å²) in [6.07, 6.45) is 5.10. The fourth-order valence-corrected chi connectivity index (χ4v) is 3.00. The molecule has 2 atom stereocenters. The molecule has 1 aliphatic heterocycles. The minimum atomic E-state index is -0.433. The molecule has 0 aromatic heterocycles. The van der Waals surface area contributed by atoms with Crippen LogP contribution in [0.1, 0.15) is 37.7 Å². The molecule has 23 heavy (non-hydrogen) atoms. The van der Waals surface area contributed by atoms with Gasteiger partial charge >= 0.3 is 0 Å². The molecule has 0 radical (unpaired) electrons. The van der Waals surface area contributed by atoms with E-state index in [0.717, 1.165) is 31.4 Å². The smallest absolute Gasteiger partial charge is 0.239 e. The number of β-amino-alcohol motifs (C(OH)–C–C–N with tert-alkyl or cyclic N) is 1. The van der Waals surface area contributed by atoms with Crippen molar-refractivity contribution >= 4 is 5.91 Å². The molecule has 1 amide bonds. The third-order valence-electron chi connectivity index (χ3n) is 4.41. The summed E-state index contributed by atoms with van der Waals surface area (Å²) in [5, 5.41) is 9.48. The van der Waals surface area contributed by atoms with Gasteiger partial charge in [0.2, 0.25) is 5.91 Å². The molecule has 1 heterocycles. The van der Waals surface area contributed by atoms with Crippen LogP contribution in [0.15, 0.2) is 24.3 Å². The number of ether oxygens (including phenoxy) is 1. The number of unbranched alkanes of at least 4 members (excludes halogenated alkanes) is 2. The summed E-state index contributed by atoms with van der Waals surface area (Å²) in [4.78, 5) is 13.8. The van der Waals surface area contributed by atoms with Gasteiger partial charge in [-0.1, -0.05) is 25.0 Å². The summed E-state index contributed by atoms with van der Waals surface area (Å²) in [5.41, 5.74) is 7.26. The number of likely N-dealkylation sites (tertiary alicyclic amines) is 1. The van der Waals surface area contributed by atoms with Gasteiger partial charge in [0.25, 0.3) is 0 Å². The van der Waals surface area contributed by atoms with E-state index >= 15 is 0 Å². The monoisotopic (exact) mass is 320 g/mol. The van der Waals surface area contributed by atoms with Crippen LogP contribution in [0.2, 0.25) is 0 Å². The number of amides is 1. The first-order chi connectivity index (χ1) is 11.1. The zero-order chi connectivity index (χ0) is 16.7. The normalized spacial score (nSPS) is 18.9. The van der Waals surface area contributed by atoms with Crippen molar-refractivity contribution in [1.29, 1.82) is 0 Å². The highest BCUT2D eigenvalue weighted by Crippen LogP contribution is 2.16. The number of nitrogens with zero attached hydrogens (tertiary/aromatic N) is 1. The second-order valence-electron chi connectivity index (χ2n) is 6.28. The van der Waals surface area contributed by atoms with Crippen molar-refractivity contribution in [3.05, 3.63) is 29.8 Å². The molecule has 2 rings (SSSR count). The molecule has 0 saturated carbocycles. The molecule has 2 unspecified atom stereocenters. The van der Waals surface area contributed by atoms with Gasteiger partial charge in [-0.15, -0.1) is 0 Å². The van der Waals surface area contributed by atoms with Gasteiger partial charge in [-0.05, 0) is 43.4 Å². The fourth-order valence-electron chi connectivity index (χ4n) is 3.00. The minimum Gasteiger partial charge on any atom is -0.497 e. The molecular formula is C18H28N2O3.